The number of hydrogen-bond donors (Lipinski definition) is 10. The van der Waals surface area contributed by atoms with Crippen molar-refractivity contribution in [3.05, 3.63) is 0 Å². The van der Waals surface area contributed by atoms with Crippen molar-refractivity contribution in [3.63, 3.8) is 0 Å². The average Bonchev–Trinajstić information content (AvgIpc) is 2.82. The zero-order valence-corrected chi connectivity index (χ0v) is 21.1. The lowest BCUT2D eigenvalue weighted by molar-refractivity contribution is -0.144. The largest absolute Gasteiger partial charge is 0.481 e. The Labute approximate surface area is 219 Å². The highest BCUT2D eigenvalue weighted by atomic mass is 16.4. The summed E-state index contributed by atoms with van der Waals surface area (Å²) in [6, 6.07) is -5.36. The molecule has 0 spiro atoms. The maximum Gasteiger partial charge on any atom is 0.326 e. The minimum Gasteiger partial charge on any atom is -0.481 e. The van der Waals surface area contributed by atoms with Crippen LogP contribution < -0.4 is 44.6 Å². The quantitative estimate of drug-likeness (QED) is 0.0395. The van der Waals surface area contributed by atoms with E-state index in [9.17, 15) is 33.9 Å². The minimum atomic E-state index is -1.70. The number of amides is 4. The summed E-state index contributed by atoms with van der Waals surface area (Å²) >= 11 is 0. The van der Waals surface area contributed by atoms with Crippen molar-refractivity contribution in [2.24, 2.45) is 33.7 Å². The van der Waals surface area contributed by atoms with Crippen LogP contribution in [0.5, 0.6) is 0 Å². The molecule has 216 valence electrons. The molecule has 0 saturated heterocycles. The molecule has 0 aromatic heterocycles. The number of hydrogen-bond acceptors (Lipinski definition) is 9. The van der Waals surface area contributed by atoms with Crippen molar-refractivity contribution in [1.82, 2.24) is 16.0 Å². The fourth-order valence-corrected chi connectivity index (χ4v) is 3.17. The van der Waals surface area contributed by atoms with Crippen LogP contribution in [0.1, 0.15) is 51.4 Å². The zero-order chi connectivity index (χ0) is 29.3. The van der Waals surface area contributed by atoms with Crippen molar-refractivity contribution >= 4 is 41.5 Å². The number of nitrogens with zero attached hydrogens (tertiary/aromatic N) is 1. The summed E-state index contributed by atoms with van der Waals surface area (Å²) in [5.74, 6) is -6.57. The van der Waals surface area contributed by atoms with Crippen molar-refractivity contribution < 1.29 is 39.0 Å². The standard InChI is InChI=1S/C21H39N9O8/c22-8-2-1-4-11(23)17(34)28-12(5-3-9-27-21(25)26)18(35)29-13(6-7-16(32)33)19(36)30-14(20(37)38)10-15(24)31/h11-14H,1-10,22-23H2,(H2,24,31)(H,28,34)(H,29,35)(H,30,36)(H,32,33)(H,37,38)(H4,25,26,27). The Morgan fingerprint density at radius 3 is 1.79 bits per heavy atom. The van der Waals surface area contributed by atoms with E-state index < -0.39 is 79.0 Å². The van der Waals surface area contributed by atoms with Gasteiger partial charge in [0.05, 0.1) is 12.5 Å². The average molecular weight is 546 g/mol. The maximum atomic E-state index is 13.1. The summed E-state index contributed by atoms with van der Waals surface area (Å²) in [6.07, 6.45) is 0.109. The van der Waals surface area contributed by atoms with Gasteiger partial charge in [-0.3, -0.25) is 29.0 Å². The first-order chi connectivity index (χ1) is 17.8. The van der Waals surface area contributed by atoms with Crippen LogP contribution in [0.15, 0.2) is 4.99 Å². The van der Waals surface area contributed by atoms with Crippen molar-refractivity contribution in [2.45, 2.75) is 75.5 Å². The number of guanidine groups is 1. The van der Waals surface area contributed by atoms with E-state index in [-0.39, 0.29) is 25.3 Å². The topological polar surface area (TPSA) is 321 Å². The van der Waals surface area contributed by atoms with Crippen LogP contribution in [-0.4, -0.2) is 89.0 Å². The predicted molar refractivity (Wildman–Crippen MR) is 135 cm³/mol. The Balaban J connectivity index is 5.66. The molecule has 0 aliphatic rings. The summed E-state index contributed by atoms with van der Waals surface area (Å²) in [5.41, 5.74) is 26.9. The summed E-state index contributed by atoms with van der Waals surface area (Å²) in [4.78, 5) is 75.7. The predicted octanol–water partition coefficient (Wildman–Crippen LogP) is -4.22. The van der Waals surface area contributed by atoms with Crippen LogP contribution in [0.2, 0.25) is 0 Å². The van der Waals surface area contributed by atoms with Gasteiger partial charge in [-0.25, -0.2) is 4.79 Å². The van der Waals surface area contributed by atoms with Crippen LogP contribution in [0.3, 0.4) is 0 Å². The summed E-state index contributed by atoms with van der Waals surface area (Å²) in [7, 11) is 0. The van der Waals surface area contributed by atoms with Crippen LogP contribution in [0.4, 0.5) is 0 Å². The Bertz CT molecular complexity index is 864. The lowest BCUT2D eigenvalue weighted by Gasteiger charge is -2.25. The third kappa shape index (κ3) is 15.2. The molecule has 0 heterocycles. The smallest absolute Gasteiger partial charge is 0.326 e. The second kappa shape index (κ2) is 18.3. The molecule has 17 nitrogen and oxygen atoms in total. The second-order valence-electron chi connectivity index (χ2n) is 8.46. The molecule has 0 aromatic rings. The fourth-order valence-electron chi connectivity index (χ4n) is 3.17. The molecule has 4 amide bonds. The third-order valence-electron chi connectivity index (χ3n) is 5.18. The zero-order valence-electron chi connectivity index (χ0n) is 21.1. The first-order valence-electron chi connectivity index (χ1n) is 11.9. The van der Waals surface area contributed by atoms with Gasteiger partial charge in [-0.2, -0.15) is 0 Å². The Kier molecular flexibility index (Phi) is 16.4. The first kappa shape index (κ1) is 34.0. The molecule has 38 heavy (non-hydrogen) atoms. The minimum absolute atomic E-state index is 0.0244. The van der Waals surface area contributed by atoms with E-state index >= 15 is 0 Å². The lowest BCUT2D eigenvalue weighted by atomic mass is 10.0. The molecular formula is C21H39N9O8. The van der Waals surface area contributed by atoms with Gasteiger partial charge in [0.25, 0.3) is 0 Å². The molecule has 0 aliphatic heterocycles. The van der Waals surface area contributed by atoms with Gasteiger partial charge in [0.15, 0.2) is 5.96 Å². The van der Waals surface area contributed by atoms with Crippen LogP contribution in [0.25, 0.3) is 0 Å². The molecule has 0 aromatic carbocycles. The van der Waals surface area contributed by atoms with E-state index in [1.807, 2.05) is 0 Å². The first-order valence-corrected chi connectivity index (χ1v) is 11.9. The van der Waals surface area contributed by atoms with E-state index in [2.05, 4.69) is 20.9 Å². The number of carboxylic acids is 2. The van der Waals surface area contributed by atoms with Gasteiger partial charge < -0.3 is 54.8 Å². The highest BCUT2D eigenvalue weighted by Gasteiger charge is 2.31. The van der Waals surface area contributed by atoms with Crippen molar-refractivity contribution in [2.75, 3.05) is 13.1 Å². The van der Waals surface area contributed by atoms with Gasteiger partial charge in [-0.05, 0) is 38.6 Å². The van der Waals surface area contributed by atoms with E-state index in [0.717, 1.165) is 0 Å². The van der Waals surface area contributed by atoms with E-state index in [1.165, 1.54) is 0 Å². The molecule has 4 atom stereocenters. The summed E-state index contributed by atoms with van der Waals surface area (Å²) in [5, 5.41) is 25.2. The van der Waals surface area contributed by atoms with Gasteiger partial charge in [-0.15, -0.1) is 0 Å². The van der Waals surface area contributed by atoms with Crippen LogP contribution in [-0.2, 0) is 28.8 Å². The number of rotatable bonds is 20. The second-order valence-corrected chi connectivity index (χ2v) is 8.46. The number of aliphatic carboxylic acids is 2. The molecule has 0 radical (unpaired) electrons. The lowest BCUT2D eigenvalue weighted by Crippen LogP contribution is -2.57. The number of nitrogens with one attached hydrogen (secondary N) is 3. The highest BCUT2D eigenvalue weighted by Crippen LogP contribution is 2.06. The van der Waals surface area contributed by atoms with E-state index in [4.69, 9.17) is 33.8 Å². The van der Waals surface area contributed by atoms with Gasteiger partial charge in [-0.1, -0.05) is 6.42 Å². The number of aliphatic imine (C=N–C) groups is 1. The Morgan fingerprint density at radius 2 is 1.29 bits per heavy atom. The molecule has 17 heteroatoms. The normalized spacial score (nSPS) is 13.7. The monoisotopic (exact) mass is 545 g/mol. The van der Waals surface area contributed by atoms with Gasteiger partial charge in [0.2, 0.25) is 23.6 Å². The SMILES string of the molecule is NCCCCC(N)C(=O)NC(CCCN=C(N)N)C(=O)NC(CCC(=O)O)C(=O)NC(CC(N)=O)C(=O)O. The van der Waals surface area contributed by atoms with E-state index in [1.54, 1.807) is 0 Å². The van der Waals surface area contributed by atoms with Gasteiger partial charge in [0, 0.05) is 13.0 Å². The summed E-state index contributed by atoms with van der Waals surface area (Å²) < 4.78 is 0. The van der Waals surface area contributed by atoms with Gasteiger partial charge >= 0.3 is 11.9 Å². The van der Waals surface area contributed by atoms with Crippen molar-refractivity contribution in [3.8, 4) is 0 Å². The fraction of sp³-hybridized carbons (Fsp3) is 0.667. The molecule has 0 aliphatic carbocycles. The van der Waals surface area contributed by atoms with Gasteiger partial charge in [0.1, 0.15) is 18.1 Å². The number of nitrogens with two attached hydrogens (primary N) is 5. The van der Waals surface area contributed by atoms with Crippen molar-refractivity contribution in [1.29, 1.82) is 0 Å². The highest BCUT2D eigenvalue weighted by molar-refractivity contribution is 5.95. The maximum absolute atomic E-state index is 13.1. The Hall–Kier alpha value is -3.99. The van der Waals surface area contributed by atoms with Crippen LogP contribution in [0, 0.1) is 0 Å². The number of primary amides is 1. The third-order valence-corrected chi connectivity index (χ3v) is 5.18. The summed E-state index contributed by atoms with van der Waals surface area (Å²) in [6.45, 7) is 0.549. The molecule has 0 bridgehead atoms. The van der Waals surface area contributed by atoms with E-state index in [0.29, 0.717) is 25.8 Å². The Morgan fingerprint density at radius 1 is 0.737 bits per heavy atom. The molecule has 0 saturated carbocycles. The molecule has 0 fully saturated rings. The van der Waals surface area contributed by atoms with Crippen LogP contribution >= 0.6 is 0 Å². The molecule has 0 rings (SSSR count). The number of carboxylic acid groups (broad SMARTS) is 2. The molecular weight excluding hydrogens is 506 g/mol. The number of carbonyl (C=O) groups excluding carboxylic acids is 4. The number of unbranched alkanes of at least 4 members (excludes halogenated alkanes) is 1. The number of carbonyl (C=O) groups is 6. The molecule has 15 N–H and O–H groups in total. The molecule has 4 unspecified atom stereocenters.